The highest BCUT2D eigenvalue weighted by molar-refractivity contribution is 6.05. The zero-order valence-corrected chi connectivity index (χ0v) is 24.1. The van der Waals surface area contributed by atoms with Gasteiger partial charge >= 0.3 is 0 Å². The molecule has 0 saturated carbocycles. The molecule has 9 heteroatoms. The zero-order chi connectivity index (χ0) is 28.1. The second-order valence-corrected chi connectivity index (χ2v) is 9.87. The second-order valence-electron chi connectivity index (χ2n) is 9.87. The first-order valence-corrected chi connectivity index (χ1v) is 13.4. The van der Waals surface area contributed by atoms with Gasteiger partial charge in [0.1, 0.15) is 11.4 Å². The molecular weight excluding hydrogens is 490 g/mol. The molecule has 2 N–H and O–H groups in total. The van der Waals surface area contributed by atoms with E-state index in [-0.39, 0.29) is 5.91 Å². The van der Waals surface area contributed by atoms with Gasteiger partial charge in [0.25, 0.3) is 5.91 Å². The van der Waals surface area contributed by atoms with E-state index in [2.05, 4.69) is 22.7 Å². The first-order chi connectivity index (χ1) is 18.8. The van der Waals surface area contributed by atoms with Crippen LogP contribution in [0.2, 0.25) is 0 Å². The molecule has 0 aliphatic heterocycles. The van der Waals surface area contributed by atoms with Crippen LogP contribution in [0.5, 0.6) is 5.75 Å². The van der Waals surface area contributed by atoms with Crippen molar-refractivity contribution in [3.8, 4) is 17.1 Å². The van der Waals surface area contributed by atoms with Crippen LogP contribution >= 0.6 is 0 Å². The van der Waals surface area contributed by atoms with E-state index in [4.69, 9.17) is 14.7 Å². The van der Waals surface area contributed by atoms with E-state index >= 15 is 0 Å². The molecule has 9 nitrogen and oxygen atoms in total. The minimum Gasteiger partial charge on any atom is -0.491 e. The molecule has 39 heavy (non-hydrogen) atoms. The number of nitrogens with one attached hydrogen (secondary N) is 2. The molecule has 4 aromatic rings. The minimum atomic E-state index is -0.159. The predicted molar refractivity (Wildman–Crippen MR) is 156 cm³/mol. The van der Waals surface area contributed by atoms with Crippen LogP contribution in [0.25, 0.3) is 22.3 Å². The third-order valence-corrected chi connectivity index (χ3v) is 6.93. The SMILES string of the molecule is CCn1ncc(CN(C)C(=O)c2nc(-c3cc(C)c(OCCCNC)c(NC)c3)nc3ccc(C)cc23)c1C. The lowest BCUT2D eigenvalue weighted by Crippen LogP contribution is -2.28. The molecule has 2 aromatic carbocycles. The number of nitrogens with zero attached hydrogens (tertiary/aromatic N) is 5. The first-order valence-electron chi connectivity index (χ1n) is 13.4. The van der Waals surface area contributed by atoms with Gasteiger partial charge in [0.2, 0.25) is 0 Å². The number of fused-ring (bicyclic) bond motifs is 1. The number of aryl methyl sites for hydroxylation is 3. The predicted octanol–water partition coefficient (Wildman–Crippen LogP) is 4.74. The highest BCUT2D eigenvalue weighted by Gasteiger charge is 2.22. The van der Waals surface area contributed by atoms with Crippen molar-refractivity contribution >= 4 is 22.5 Å². The molecule has 0 unspecified atom stereocenters. The van der Waals surface area contributed by atoms with Gasteiger partial charge in [-0.05, 0) is 77.5 Å². The maximum atomic E-state index is 13.8. The molecule has 0 fully saturated rings. The number of amides is 1. The van der Waals surface area contributed by atoms with E-state index in [0.29, 0.717) is 24.7 Å². The van der Waals surface area contributed by atoms with E-state index in [1.165, 1.54) is 0 Å². The molecule has 0 aliphatic rings. The first kappa shape index (κ1) is 28.0. The fourth-order valence-electron chi connectivity index (χ4n) is 4.71. The number of ether oxygens (including phenoxy) is 1. The van der Waals surface area contributed by atoms with Gasteiger partial charge in [-0.3, -0.25) is 9.48 Å². The topological polar surface area (TPSA) is 97.2 Å². The van der Waals surface area contributed by atoms with Gasteiger partial charge < -0.3 is 20.3 Å². The number of anilines is 1. The number of carbonyl (C=O) groups is 1. The Kier molecular flexibility index (Phi) is 8.81. The molecule has 2 heterocycles. The van der Waals surface area contributed by atoms with Gasteiger partial charge in [0.15, 0.2) is 5.82 Å². The van der Waals surface area contributed by atoms with Crippen LogP contribution in [0.4, 0.5) is 5.69 Å². The Morgan fingerprint density at radius 2 is 1.90 bits per heavy atom. The molecule has 4 rings (SSSR count). The summed E-state index contributed by atoms with van der Waals surface area (Å²) in [4.78, 5) is 25.2. The van der Waals surface area contributed by atoms with Crippen molar-refractivity contribution in [2.45, 2.75) is 47.2 Å². The number of carbonyl (C=O) groups excluding carboxylic acids is 1. The molecule has 0 atom stereocenters. The molecule has 0 saturated heterocycles. The van der Waals surface area contributed by atoms with Crippen LogP contribution < -0.4 is 15.4 Å². The van der Waals surface area contributed by atoms with Crippen molar-refractivity contribution in [2.24, 2.45) is 0 Å². The van der Waals surface area contributed by atoms with Gasteiger partial charge in [-0.15, -0.1) is 0 Å². The molecule has 1 amide bonds. The highest BCUT2D eigenvalue weighted by atomic mass is 16.5. The molecule has 0 bridgehead atoms. The Balaban J connectivity index is 1.73. The van der Waals surface area contributed by atoms with Gasteiger partial charge in [0, 0.05) is 49.4 Å². The Bertz CT molecular complexity index is 1480. The lowest BCUT2D eigenvalue weighted by molar-refractivity contribution is 0.0781. The van der Waals surface area contributed by atoms with Crippen molar-refractivity contribution in [3.63, 3.8) is 0 Å². The van der Waals surface area contributed by atoms with Crippen molar-refractivity contribution in [1.82, 2.24) is 30.0 Å². The summed E-state index contributed by atoms with van der Waals surface area (Å²) >= 11 is 0. The van der Waals surface area contributed by atoms with Crippen molar-refractivity contribution in [1.29, 1.82) is 0 Å². The Morgan fingerprint density at radius 1 is 1.10 bits per heavy atom. The van der Waals surface area contributed by atoms with Gasteiger partial charge in [0.05, 0.1) is 24.0 Å². The summed E-state index contributed by atoms with van der Waals surface area (Å²) in [7, 11) is 5.61. The highest BCUT2D eigenvalue weighted by Crippen LogP contribution is 2.34. The van der Waals surface area contributed by atoms with E-state index < -0.39 is 0 Å². The molecule has 0 radical (unpaired) electrons. The van der Waals surface area contributed by atoms with Crippen molar-refractivity contribution in [3.05, 3.63) is 64.6 Å². The number of aromatic nitrogens is 4. The van der Waals surface area contributed by atoms with Gasteiger partial charge in [-0.2, -0.15) is 5.10 Å². The third kappa shape index (κ3) is 6.04. The molecule has 0 spiro atoms. The van der Waals surface area contributed by atoms with Crippen molar-refractivity contribution < 1.29 is 9.53 Å². The quantitative estimate of drug-likeness (QED) is 0.271. The molecule has 2 aromatic heterocycles. The average Bonchev–Trinajstić information content (AvgIpc) is 3.28. The molecular formula is C30H39N7O2. The van der Waals surface area contributed by atoms with E-state index in [1.54, 1.807) is 11.9 Å². The molecule has 206 valence electrons. The Morgan fingerprint density at radius 3 is 2.59 bits per heavy atom. The Hall–Kier alpha value is -3.98. The summed E-state index contributed by atoms with van der Waals surface area (Å²) in [6, 6.07) is 9.94. The van der Waals surface area contributed by atoms with Crippen LogP contribution in [0.3, 0.4) is 0 Å². The van der Waals surface area contributed by atoms with Crippen LogP contribution in [0.15, 0.2) is 36.5 Å². The number of rotatable bonds is 11. The number of benzene rings is 2. The minimum absolute atomic E-state index is 0.159. The smallest absolute Gasteiger partial charge is 0.273 e. The summed E-state index contributed by atoms with van der Waals surface area (Å²) in [6.07, 6.45) is 2.74. The fourth-order valence-corrected chi connectivity index (χ4v) is 4.71. The second kappa shape index (κ2) is 12.3. The van der Waals surface area contributed by atoms with Crippen LogP contribution in [0.1, 0.15) is 46.2 Å². The summed E-state index contributed by atoms with van der Waals surface area (Å²) in [5.74, 6) is 1.15. The van der Waals surface area contributed by atoms with E-state index in [1.807, 2.05) is 76.1 Å². The number of hydrogen-bond acceptors (Lipinski definition) is 7. The van der Waals surface area contributed by atoms with E-state index in [0.717, 1.165) is 69.8 Å². The van der Waals surface area contributed by atoms with Crippen LogP contribution in [-0.4, -0.2) is 64.9 Å². The summed E-state index contributed by atoms with van der Waals surface area (Å²) in [5, 5.41) is 11.6. The third-order valence-electron chi connectivity index (χ3n) is 6.93. The Labute approximate surface area is 230 Å². The largest absolute Gasteiger partial charge is 0.491 e. The lowest BCUT2D eigenvalue weighted by atomic mass is 10.1. The normalized spacial score (nSPS) is 11.2. The summed E-state index contributed by atoms with van der Waals surface area (Å²) in [6.45, 7) is 10.8. The maximum absolute atomic E-state index is 13.8. The van der Waals surface area contributed by atoms with Gasteiger partial charge in [-0.1, -0.05) is 11.6 Å². The summed E-state index contributed by atoms with van der Waals surface area (Å²) in [5.41, 5.74) is 6.89. The molecule has 0 aliphatic carbocycles. The van der Waals surface area contributed by atoms with Crippen molar-refractivity contribution in [2.75, 3.05) is 39.6 Å². The number of hydrogen-bond donors (Lipinski definition) is 2. The monoisotopic (exact) mass is 529 g/mol. The van der Waals surface area contributed by atoms with Gasteiger partial charge in [-0.25, -0.2) is 9.97 Å². The average molecular weight is 530 g/mol. The fraction of sp³-hybridized carbons (Fsp3) is 0.400. The zero-order valence-electron chi connectivity index (χ0n) is 24.1. The standard InChI is InChI=1S/C30H39N7O2/c1-8-37-21(4)23(17-33-37)18-36(7)30(38)27-24-14-19(2)10-11-25(24)34-29(35-27)22-15-20(3)28(26(16-22)32-6)39-13-9-12-31-5/h10-11,14-17,31-32H,8-9,12-13,18H2,1-7H3. The van der Waals surface area contributed by atoms with Crippen LogP contribution in [-0.2, 0) is 13.1 Å². The lowest BCUT2D eigenvalue weighted by Gasteiger charge is -2.19. The summed E-state index contributed by atoms with van der Waals surface area (Å²) < 4.78 is 8.03. The van der Waals surface area contributed by atoms with Crippen LogP contribution in [0, 0.1) is 20.8 Å². The maximum Gasteiger partial charge on any atom is 0.273 e. The van der Waals surface area contributed by atoms with E-state index in [9.17, 15) is 4.79 Å².